The molecule has 4 rings (SSSR count). The van der Waals surface area contributed by atoms with E-state index in [1.165, 1.54) is 12.1 Å². The number of hydrogen-bond acceptors (Lipinski definition) is 2. The van der Waals surface area contributed by atoms with Gasteiger partial charge >= 0.3 is 6.03 Å². The van der Waals surface area contributed by atoms with Gasteiger partial charge < -0.3 is 15.6 Å². The van der Waals surface area contributed by atoms with Crippen molar-refractivity contribution in [2.24, 2.45) is 0 Å². The van der Waals surface area contributed by atoms with Crippen LogP contribution < -0.4 is 10.6 Å². The molecular weight excluding hydrogens is 425 g/mol. The van der Waals surface area contributed by atoms with E-state index in [-0.39, 0.29) is 11.8 Å². The van der Waals surface area contributed by atoms with Gasteiger partial charge in [-0.3, -0.25) is 4.21 Å². The molecule has 1 atom stereocenters. The summed E-state index contributed by atoms with van der Waals surface area (Å²) in [6, 6.07) is 21.5. The number of hydrogen-bond donors (Lipinski definition) is 3. The molecule has 4 aromatic rings. The number of aromatic nitrogens is 1. The highest BCUT2D eigenvalue weighted by molar-refractivity contribution is 7.83. The predicted octanol–water partition coefficient (Wildman–Crippen LogP) is 5.12. The summed E-state index contributed by atoms with van der Waals surface area (Å²) >= 11 is 0. The van der Waals surface area contributed by atoms with E-state index in [1.807, 2.05) is 54.7 Å². The lowest BCUT2D eigenvalue weighted by Crippen LogP contribution is -2.30. The van der Waals surface area contributed by atoms with Gasteiger partial charge in [0.05, 0.1) is 0 Å². The first-order valence-corrected chi connectivity index (χ1v) is 11.8. The zero-order valence-corrected chi connectivity index (χ0v) is 18.3. The van der Waals surface area contributed by atoms with E-state index in [2.05, 4.69) is 15.6 Å². The Kier molecular flexibility index (Phi) is 6.97. The SMILES string of the molecule is O=C(NCCc1c[nH]c2cc(F)ccc12)Nc1cccc(CS(=O)Cc2ccccc2)c1. The first-order chi connectivity index (χ1) is 15.6. The van der Waals surface area contributed by atoms with Crippen LogP contribution in [-0.4, -0.2) is 21.8 Å². The van der Waals surface area contributed by atoms with Gasteiger partial charge in [0.25, 0.3) is 0 Å². The smallest absolute Gasteiger partial charge is 0.319 e. The van der Waals surface area contributed by atoms with Gasteiger partial charge in [0.1, 0.15) is 5.82 Å². The second-order valence-corrected chi connectivity index (χ2v) is 9.01. The van der Waals surface area contributed by atoms with Crippen molar-refractivity contribution < 1.29 is 13.4 Å². The summed E-state index contributed by atoms with van der Waals surface area (Å²) in [5.74, 6) is 0.640. The monoisotopic (exact) mass is 449 g/mol. The summed E-state index contributed by atoms with van der Waals surface area (Å²) in [7, 11) is -1.03. The zero-order valence-electron chi connectivity index (χ0n) is 17.4. The lowest BCUT2D eigenvalue weighted by molar-refractivity contribution is 0.252. The van der Waals surface area contributed by atoms with Crippen LogP contribution in [0.4, 0.5) is 14.9 Å². The van der Waals surface area contributed by atoms with Crippen molar-refractivity contribution in [2.45, 2.75) is 17.9 Å². The minimum Gasteiger partial charge on any atom is -0.361 e. The van der Waals surface area contributed by atoms with Gasteiger partial charge in [-0.05, 0) is 53.4 Å². The van der Waals surface area contributed by atoms with E-state index in [1.54, 1.807) is 12.1 Å². The fourth-order valence-corrected chi connectivity index (χ4v) is 4.80. The van der Waals surface area contributed by atoms with Crippen molar-refractivity contribution in [1.82, 2.24) is 10.3 Å². The van der Waals surface area contributed by atoms with Crippen LogP contribution in [0.5, 0.6) is 0 Å². The topological polar surface area (TPSA) is 74.0 Å². The minimum atomic E-state index is -1.03. The Morgan fingerprint density at radius 3 is 2.56 bits per heavy atom. The van der Waals surface area contributed by atoms with Crippen LogP contribution in [0.25, 0.3) is 10.9 Å². The summed E-state index contributed by atoms with van der Waals surface area (Å²) in [5, 5.41) is 6.61. The largest absolute Gasteiger partial charge is 0.361 e. The van der Waals surface area contributed by atoms with Gasteiger partial charge in [0, 0.05) is 51.6 Å². The normalized spacial score (nSPS) is 11.9. The molecule has 0 saturated carbocycles. The van der Waals surface area contributed by atoms with Gasteiger partial charge in [0.15, 0.2) is 0 Å². The molecule has 0 bridgehead atoms. The van der Waals surface area contributed by atoms with E-state index in [9.17, 15) is 13.4 Å². The van der Waals surface area contributed by atoms with Crippen molar-refractivity contribution in [3.8, 4) is 0 Å². The average molecular weight is 450 g/mol. The number of urea groups is 1. The Morgan fingerprint density at radius 2 is 1.72 bits per heavy atom. The second kappa shape index (κ2) is 10.2. The molecule has 1 unspecified atom stereocenters. The lowest BCUT2D eigenvalue weighted by atomic mass is 10.1. The number of benzene rings is 3. The number of rotatable bonds is 8. The molecular formula is C25H24FN3O2S. The number of halogens is 1. The summed E-state index contributed by atoms with van der Waals surface area (Å²) in [5.41, 5.74) is 4.36. The van der Waals surface area contributed by atoms with Crippen molar-refractivity contribution in [3.05, 3.63) is 102 Å². The molecule has 7 heteroatoms. The van der Waals surface area contributed by atoms with Crippen molar-refractivity contribution in [2.75, 3.05) is 11.9 Å². The maximum Gasteiger partial charge on any atom is 0.319 e. The highest BCUT2D eigenvalue weighted by Gasteiger charge is 2.08. The average Bonchev–Trinajstić information content (AvgIpc) is 3.16. The van der Waals surface area contributed by atoms with Gasteiger partial charge in [-0.15, -0.1) is 0 Å². The highest BCUT2D eigenvalue weighted by atomic mass is 32.2. The number of carbonyl (C=O) groups excluding carboxylic acids is 1. The van der Waals surface area contributed by atoms with Crippen LogP contribution in [0.1, 0.15) is 16.7 Å². The van der Waals surface area contributed by atoms with Crippen molar-refractivity contribution in [1.29, 1.82) is 0 Å². The van der Waals surface area contributed by atoms with Gasteiger partial charge in [-0.2, -0.15) is 0 Å². The number of nitrogens with one attached hydrogen (secondary N) is 3. The lowest BCUT2D eigenvalue weighted by Gasteiger charge is -2.09. The Bertz CT molecular complexity index is 1240. The molecule has 32 heavy (non-hydrogen) atoms. The van der Waals surface area contributed by atoms with Gasteiger partial charge in [-0.25, -0.2) is 9.18 Å². The number of amides is 2. The van der Waals surface area contributed by atoms with E-state index in [4.69, 9.17) is 0 Å². The third kappa shape index (κ3) is 5.82. The highest BCUT2D eigenvalue weighted by Crippen LogP contribution is 2.19. The summed E-state index contributed by atoms with van der Waals surface area (Å²) in [6.07, 6.45) is 2.46. The fraction of sp³-hybridized carbons (Fsp3) is 0.160. The molecule has 0 aliphatic carbocycles. The Hall–Kier alpha value is -3.45. The molecule has 0 radical (unpaired) electrons. The number of H-pyrrole nitrogens is 1. The predicted molar refractivity (Wildman–Crippen MR) is 127 cm³/mol. The standard InChI is InChI=1S/C25H24FN3O2S/c26-21-9-10-23-20(15-28-24(23)14-21)11-12-27-25(30)29-22-8-4-7-19(13-22)17-32(31)16-18-5-2-1-3-6-18/h1-10,13-15,28H,11-12,16-17H2,(H2,27,29,30). The van der Waals surface area contributed by atoms with E-state index in [0.717, 1.165) is 27.6 Å². The van der Waals surface area contributed by atoms with Crippen LogP contribution in [0.2, 0.25) is 0 Å². The number of fused-ring (bicyclic) bond motifs is 1. The third-order valence-corrected chi connectivity index (χ3v) is 6.40. The number of carbonyl (C=O) groups is 1. The molecule has 1 aromatic heterocycles. The molecule has 0 aliphatic rings. The van der Waals surface area contributed by atoms with Crippen LogP contribution in [0.3, 0.4) is 0 Å². The Morgan fingerprint density at radius 1 is 0.938 bits per heavy atom. The molecule has 164 valence electrons. The van der Waals surface area contributed by atoms with Crippen LogP contribution >= 0.6 is 0 Å². The molecule has 3 N–H and O–H groups in total. The maximum atomic E-state index is 13.3. The third-order valence-electron chi connectivity index (χ3n) is 5.09. The molecule has 5 nitrogen and oxygen atoms in total. The first-order valence-electron chi connectivity index (χ1n) is 10.3. The van der Waals surface area contributed by atoms with Gasteiger partial charge in [-0.1, -0.05) is 42.5 Å². The fourth-order valence-electron chi connectivity index (χ4n) is 3.59. The Balaban J connectivity index is 1.27. The van der Waals surface area contributed by atoms with E-state index < -0.39 is 10.8 Å². The van der Waals surface area contributed by atoms with Crippen molar-refractivity contribution in [3.63, 3.8) is 0 Å². The van der Waals surface area contributed by atoms with Gasteiger partial charge in [0.2, 0.25) is 0 Å². The maximum absolute atomic E-state index is 13.3. The van der Waals surface area contributed by atoms with Crippen molar-refractivity contribution >= 4 is 33.4 Å². The Labute approximate surface area is 188 Å². The van der Waals surface area contributed by atoms with Crippen LogP contribution in [0.15, 0.2) is 79.0 Å². The van der Waals surface area contributed by atoms with Crippen LogP contribution in [-0.2, 0) is 28.7 Å². The van der Waals surface area contributed by atoms with Crippen LogP contribution in [0, 0.1) is 5.82 Å². The quantitative estimate of drug-likeness (QED) is 0.349. The first kappa shape index (κ1) is 21.8. The molecule has 0 aliphatic heterocycles. The molecule has 0 fully saturated rings. The summed E-state index contributed by atoms with van der Waals surface area (Å²) in [6.45, 7) is 0.441. The molecule has 0 saturated heterocycles. The molecule has 1 heterocycles. The van der Waals surface area contributed by atoms with E-state index >= 15 is 0 Å². The summed E-state index contributed by atoms with van der Waals surface area (Å²) < 4.78 is 25.8. The minimum absolute atomic E-state index is 0.283. The molecule has 2 amide bonds. The number of anilines is 1. The second-order valence-electron chi connectivity index (χ2n) is 7.55. The zero-order chi connectivity index (χ0) is 22.3. The number of aromatic amines is 1. The molecule has 0 spiro atoms. The van der Waals surface area contributed by atoms with E-state index in [0.29, 0.717) is 30.2 Å². The molecule has 3 aromatic carbocycles. The summed E-state index contributed by atoms with van der Waals surface area (Å²) in [4.78, 5) is 15.3.